The number of carbonyl (C=O) groups is 1. The van der Waals surface area contributed by atoms with Gasteiger partial charge in [0.05, 0.1) is 12.8 Å². The van der Waals surface area contributed by atoms with Crippen molar-refractivity contribution in [2.45, 2.75) is 0 Å². The molecule has 94 valence electrons. The zero-order valence-electron chi connectivity index (χ0n) is 9.93. The summed E-state index contributed by atoms with van der Waals surface area (Å²) in [6.07, 6.45) is 0. The van der Waals surface area contributed by atoms with Gasteiger partial charge in [-0.05, 0) is 12.1 Å². The van der Waals surface area contributed by atoms with E-state index in [1.54, 1.807) is 32.4 Å². The average Bonchev–Trinajstić information content (AvgIpc) is 2.83. The standard InChI is InChI=1S/C12H12N2O3S/c1-13-12-14-9(10(18-12)11(15)16)7-4-3-5-8(6-7)17-2/h3-6H,1-2H3,(H,13,14)(H,15,16). The summed E-state index contributed by atoms with van der Waals surface area (Å²) in [5.74, 6) is -0.310. The van der Waals surface area contributed by atoms with Gasteiger partial charge in [0.25, 0.3) is 0 Å². The van der Waals surface area contributed by atoms with Gasteiger partial charge in [-0.25, -0.2) is 9.78 Å². The molecule has 0 aliphatic rings. The first-order valence-corrected chi connectivity index (χ1v) is 6.03. The van der Waals surface area contributed by atoms with E-state index in [0.717, 1.165) is 16.9 Å². The fourth-order valence-corrected chi connectivity index (χ4v) is 2.32. The fourth-order valence-electron chi connectivity index (χ4n) is 1.54. The Morgan fingerprint density at radius 2 is 2.28 bits per heavy atom. The van der Waals surface area contributed by atoms with E-state index in [2.05, 4.69) is 10.3 Å². The van der Waals surface area contributed by atoms with Crippen LogP contribution in [0.1, 0.15) is 9.67 Å². The predicted octanol–water partition coefficient (Wildman–Crippen LogP) is 2.56. The Balaban J connectivity index is 2.54. The minimum Gasteiger partial charge on any atom is -0.497 e. The Morgan fingerprint density at radius 1 is 1.50 bits per heavy atom. The lowest BCUT2D eigenvalue weighted by Gasteiger charge is -2.02. The molecular weight excluding hydrogens is 252 g/mol. The van der Waals surface area contributed by atoms with E-state index >= 15 is 0 Å². The number of carboxylic acids is 1. The number of aromatic carboxylic acids is 1. The number of methoxy groups -OCH3 is 1. The topological polar surface area (TPSA) is 71.5 Å². The highest BCUT2D eigenvalue weighted by molar-refractivity contribution is 7.17. The van der Waals surface area contributed by atoms with E-state index < -0.39 is 5.97 Å². The van der Waals surface area contributed by atoms with Crippen LogP contribution in [0.5, 0.6) is 5.75 Å². The molecular formula is C12H12N2O3S. The van der Waals surface area contributed by atoms with Crippen molar-refractivity contribution in [3.63, 3.8) is 0 Å². The van der Waals surface area contributed by atoms with E-state index in [-0.39, 0.29) is 4.88 Å². The van der Waals surface area contributed by atoms with E-state index in [4.69, 9.17) is 4.74 Å². The number of carboxylic acid groups (broad SMARTS) is 1. The first-order valence-electron chi connectivity index (χ1n) is 5.22. The highest BCUT2D eigenvalue weighted by Gasteiger charge is 2.18. The Morgan fingerprint density at radius 3 is 2.89 bits per heavy atom. The van der Waals surface area contributed by atoms with Gasteiger partial charge in [-0.3, -0.25) is 0 Å². The summed E-state index contributed by atoms with van der Waals surface area (Å²) in [6.45, 7) is 0. The molecule has 0 unspecified atom stereocenters. The third kappa shape index (κ3) is 2.28. The summed E-state index contributed by atoms with van der Waals surface area (Å²) in [6, 6.07) is 7.18. The Labute approximate surface area is 108 Å². The van der Waals surface area contributed by atoms with Crippen LogP contribution in [-0.4, -0.2) is 30.2 Å². The van der Waals surface area contributed by atoms with Crippen molar-refractivity contribution in [1.82, 2.24) is 4.98 Å². The van der Waals surface area contributed by atoms with Crippen LogP contribution in [0, 0.1) is 0 Å². The van der Waals surface area contributed by atoms with Crippen molar-refractivity contribution in [3.05, 3.63) is 29.1 Å². The van der Waals surface area contributed by atoms with Crippen LogP contribution < -0.4 is 10.1 Å². The van der Waals surface area contributed by atoms with Gasteiger partial charge >= 0.3 is 5.97 Å². The van der Waals surface area contributed by atoms with Crippen molar-refractivity contribution in [1.29, 1.82) is 0 Å². The minimum atomic E-state index is -0.980. The third-order valence-electron chi connectivity index (χ3n) is 2.38. The number of aromatic nitrogens is 1. The maximum Gasteiger partial charge on any atom is 0.348 e. The maximum atomic E-state index is 11.2. The van der Waals surface area contributed by atoms with Gasteiger partial charge < -0.3 is 15.2 Å². The normalized spacial score (nSPS) is 10.1. The van der Waals surface area contributed by atoms with E-state index in [1.165, 1.54) is 0 Å². The largest absolute Gasteiger partial charge is 0.497 e. The lowest BCUT2D eigenvalue weighted by molar-refractivity contribution is 0.0702. The summed E-state index contributed by atoms with van der Waals surface area (Å²) >= 11 is 1.11. The van der Waals surface area contributed by atoms with Crippen molar-refractivity contribution >= 4 is 22.4 Å². The smallest absolute Gasteiger partial charge is 0.348 e. The molecule has 0 saturated carbocycles. The first kappa shape index (κ1) is 12.4. The second-order valence-corrected chi connectivity index (χ2v) is 4.48. The van der Waals surface area contributed by atoms with Crippen LogP contribution in [0.3, 0.4) is 0 Å². The molecule has 0 fully saturated rings. The average molecular weight is 264 g/mol. The third-order valence-corrected chi connectivity index (χ3v) is 3.44. The molecule has 2 N–H and O–H groups in total. The highest BCUT2D eigenvalue weighted by atomic mass is 32.1. The minimum absolute atomic E-state index is 0.215. The molecule has 0 amide bonds. The zero-order valence-corrected chi connectivity index (χ0v) is 10.7. The number of thiazole rings is 1. The predicted molar refractivity (Wildman–Crippen MR) is 70.6 cm³/mol. The van der Waals surface area contributed by atoms with Gasteiger partial charge in [-0.2, -0.15) is 0 Å². The van der Waals surface area contributed by atoms with E-state index in [0.29, 0.717) is 16.6 Å². The highest BCUT2D eigenvalue weighted by Crippen LogP contribution is 2.32. The molecule has 0 bridgehead atoms. The van der Waals surface area contributed by atoms with Crippen molar-refractivity contribution in [2.24, 2.45) is 0 Å². The Hall–Kier alpha value is -2.08. The van der Waals surface area contributed by atoms with Gasteiger partial charge in [-0.1, -0.05) is 23.5 Å². The summed E-state index contributed by atoms with van der Waals surface area (Å²) < 4.78 is 5.12. The molecule has 1 heterocycles. The van der Waals surface area contributed by atoms with Crippen LogP contribution in [-0.2, 0) is 0 Å². The lowest BCUT2D eigenvalue weighted by Crippen LogP contribution is -1.95. The van der Waals surface area contributed by atoms with Crippen LogP contribution in [0.4, 0.5) is 5.13 Å². The number of ether oxygens (including phenoxy) is 1. The molecule has 0 saturated heterocycles. The molecule has 18 heavy (non-hydrogen) atoms. The lowest BCUT2D eigenvalue weighted by atomic mass is 10.1. The number of hydrogen-bond acceptors (Lipinski definition) is 5. The molecule has 0 spiro atoms. The summed E-state index contributed by atoms with van der Waals surface area (Å²) in [5, 5.41) is 12.6. The van der Waals surface area contributed by atoms with Gasteiger partial charge in [0.15, 0.2) is 5.13 Å². The Kier molecular flexibility index (Phi) is 3.47. The molecule has 2 rings (SSSR count). The van der Waals surface area contributed by atoms with E-state index in [9.17, 15) is 9.90 Å². The molecule has 0 radical (unpaired) electrons. The van der Waals surface area contributed by atoms with Gasteiger partial charge in [0.1, 0.15) is 10.6 Å². The molecule has 2 aromatic rings. The van der Waals surface area contributed by atoms with Crippen molar-refractivity contribution in [2.75, 3.05) is 19.5 Å². The van der Waals surface area contributed by atoms with Crippen molar-refractivity contribution < 1.29 is 14.6 Å². The number of rotatable bonds is 4. The van der Waals surface area contributed by atoms with Crippen LogP contribution in [0.2, 0.25) is 0 Å². The van der Waals surface area contributed by atoms with Gasteiger partial charge in [0.2, 0.25) is 0 Å². The molecule has 0 atom stereocenters. The maximum absolute atomic E-state index is 11.2. The quantitative estimate of drug-likeness (QED) is 0.888. The summed E-state index contributed by atoms with van der Waals surface area (Å²) in [5.41, 5.74) is 1.18. The van der Waals surface area contributed by atoms with Crippen LogP contribution in [0.15, 0.2) is 24.3 Å². The molecule has 6 heteroatoms. The van der Waals surface area contributed by atoms with Gasteiger partial charge in [-0.15, -0.1) is 0 Å². The molecule has 0 aliphatic heterocycles. The molecule has 1 aromatic heterocycles. The molecule has 5 nitrogen and oxygen atoms in total. The van der Waals surface area contributed by atoms with Crippen molar-refractivity contribution in [3.8, 4) is 17.0 Å². The molecule has 0 aliphatic carbocycles. The second kappa shape index (κ2) is 5.05. The molecule has 1 aromatic carbocycles. The number of nitrogens with zero attached hydrogens (tertiary/aromatic N) is 1. The van der Waals surface area contributed by atoms with Gasteiger partial charge in [0, 0.05) is 12.6 Å². The zero-order chi connectivity index (χ0) is 13.1. The fraction of sp³-hybridized carbons (Fsp3) is 0.167. The number of anilines is 1. The summed E-state index contributed by atoms with van der Waals surface area (Å²) in [4.78, 5) is 15.7. The monoisotopic (exact) mass is 264 g/mol. The van der Waals surface area contributed by atoms with Crippen LogP contribution >= 0.6 is 11.3 Å². The van der Waals surface area contributed by atoms with Crippen LogP contribution in [0.25, 0.3) is 11.3 Å². The summed E-state index contributed by atoms with van der Waals surface area (Å²) in [7, 11) is 3.27. The number of nitrogens with one attached hydrogen (secondary N) is 1. The number of benzene rings is 1. The Bertz CT molecular complexity index is 580. The van der Waals surface area contributed by atoms with E-state index in [1.807, 2.05) is 6.07 Å². The SMILES string of the molecule is CNc1nc(-c2cccc(OC)c2)c(C(=O)O)s1. The first-order chi connectivity index (χ1) is 8.65. The second-order valence-electron chi connectivity index (χ2n) is 3.48. The number of hydrogen-bond donors (Lipinski definition) is 2.